The van der Waals surface area contributed by atoms with Crippen LogP contribution in [0.2, 0.25) is 4.44 Å². The van der Waals surface area contributed by atoms with Crippen molar-refractivity contribution in [3.8, 4) is 0 Å². The quantitative estimate of drug-likeness (QED) is 0.580. The summed E-state index contributed by atoms with van der Waals surface area (Å²) in [5.41, 5.74) is 0. The Hall–Kier alpha value is 0.999. The van der Waals surface area contributed by atoms with E-state index in [-0.39, 0.29) is 0 Å². The van der Waals surface area contributed by atoms with Crippen LogP contribution in [0.3, 0.4) is 0 Å². The van der Waals surface area contributed by atoms with Gasteiger partial charge in [0, 0.05) is 0 Å². The van der Waals surface area contributed by atoms with Gasteiger partial charge >= 0.3 is 64.1 Å². The summed E-state index contributed by atoms with van der Waals surface area (Å²) >= 11 is -0.890. The maximum atomic E-state index is 10.1. The average molecular weight is 262 g/mol. The van der Waals surface area contributed by atoms with Gasteiger partial charge in [-0.3, -0.25) is 0 Å². The molecule has 0 bridgehead atoms. The Kier molecular flexibility index (Phi) is 4.41. The molecule has 0 heterocycles. The Morgan fingerprint density at radius 3 is 2.38 bits per heavy atom. The van der Waals surface area contributed by atoms with Crippen molar-refractivity contribution in [2.24, 2.45) is 0 Å². The van der Waals surface area contributed by atoms with Crippen molar-refractivity contribution in [2.75, 3.05) is 0 Å². The molecule has 0 fully saturated rings. The monoisotopic (exact) mass is 263 g/mol. The molecule has 8 heavy (non-hydrogen) atoms. The number of rotatable bonds is 3. The number of nitrogens with one attached hydrogen (secondary N) is 1. The summed E-state index contributed by atoms with van der Waals surface area (Å²) in [6.45, 7) is 1.93. The molecule has 0 unspecified atom stereocenters. The zero-order valence-electron chi connectivity index (χ0n) is 4.31. The molecule has 0 saturated heterocycles. The van der Waals surface area contributed by atoms with Crippen molar-refractivity contribution in [1.29, 1.82) is 0 Å². The van der Waals surface area contributed by atoms with E-state index in [0.29, 0.717) is 0 Å². The minimum atomic E-state index is -3.39. The molecule has 0 rings (SSSR count). The van der Waals surface area contributed by atoms with Crippen LogP contribution in [-0.4, -0.2) is 29.8 Å². The van der Waals surface area contributed by atoms with Crippen molar-refractivity contribution in [1.82, 2.24) is 2.94 Å². The van der Waals surface area contributed by atoms with Crippen LogP contribution in [-0.2, 0) is 9.24 Å². The molecule has 0 atom stereocenters. The summed E-state index contributed by atoms with van der Waals surface area (Å²) in [6.07, 6.45) is 0. The standard InChI is InChI=1S/C2H5.ClHNO2S.Sn/c1-2;1-5(2,3)4;/h1H2,2H3;(H-,2,3,4);/q;-1;+1. The molecule has 0 aromatic carbocycles. The molecule has 0 aliphatic heterocycles. The first kappa shape index (κ1) is 9.00. The van der Waals surface area contributed by atoms with Crippen LogP contribution < -0.4 is 2.94 Å². The molecule has 2 radical (unpaired) electrons. The van der Waals surface area contributed by atoms with Crippen LogP contribution >= 0.6 is 10.7 Å². The topological polar surface area (TPSA) is 46.2 Å². The summed E-state index contributed by atoms with van der Waals surface area (Å²) in [5, 5.41) is 0. The molecule has 0 aromatic heterocycles. The van der Waals surface area contributed by atoms with Crippen LogP contribution in [0, 0.1) is 0 Å². The van der Waals surface area contributed by atoms with E-state index in [4.69, 9.17) is 10.7 Å². The van der Waals surface area contributed by atoms with E-state index in [0.717, 1.165) is 4.44 Å². The second-order valence-electron chi connectivity index (χ2n) is 1.07. The van der Waals surface area contributed by atoms with Gasteiger partial charge in [-0.25, -0.2) is 0 Å². The zero-order valence-corrected chi connectivity index (χ0v) is 8.74. The number of hydrogen-bond acceptors (Lipinski definition) is 2. The van der Waals surface area contributed by atoms with Crippen LogP contribution in [0.5, 0.6) is 0 Å². The number of halogens is 1. The van der Waals surface area contributed by atoms with E-state index in [2.05, 4.69) is 2.94 Å². The maximum absolute atomic E-state index is 10.1. The van der Waals surface area contributed by atoms with Crippen LogP contribution in [0.1, 0.15) is 6.92 Å². The molecule has 0 spiro atoms. The first-order chi connectivity index (χ1) is 3.56. The molecule has 6 heteroatoms. The second-order valence-corrected chi connectivity index (χ2v) is 8.14. The van der Waals surface area contributed by atoms with Crippen molar-refractivity contribution in [3.63, 3.8) is 0 Å². The summed E-state index contributed by atoms with van der Waals surface area (Å²) < 4.78 is 23.4. The first-order valence-corrected chi connectivity index (χ1v) is 7.76. The average Bonchev–Trinajstić information content (AvgIpc) is 1.59. The molecule has 0 amide bonds. The fourth-order valence-electron chi connectivity index (χ4n) is 0.158. The summed E-state index contributed by atoms with van der Waals surface area (Å²) in [4.78, 5) is 0. The van der Waals surface area contributed by atoms with Gasteiger partial charge in [0.05, 0.1) is 0 Å². The molecule has 3 nitrogen and oxygen atoms in total. The van der Waals surface area contributed by atoms with Crippen molar-refractivity contribution in [2.45, 2.75) is 11.4 Å². The molecule has 0 saturated carbocycles. The van der Waals surface area contributed by atoms with Gasteiger partial charge in [0.15, 0.2) is 0 Å². The third kappa shape index (κ3) is 7.00. The fraction of sp³-hybridized carbons (Fsp3) is 1.00. The second kappa shape index (κ2) is 3.92. The van der Waals surface area contributed by atoms with Gasteiger partial charge in [-0.15, -0.1) is 0 Å². The van der Waals surface area contributed by atoms with Gasteiger partial charge in [0.1, 0.15) is 0 Å². The van der Waals surface area contributed by atoms with Crippen LogP contribution in [0.4, 0.5) is 0 Å². The molecule has 0 aliphatic carbocycles. The van der Waals surface area contributed by atoms with E-state index in [1.165, 1.54) is 0 Å². The Labute approximate surface area is 63.9 Å². The van der Waals surface area contributed by atoms with Crippen molar-refractivity contribution in [3.05, 3.63) is 0 Å². The predicted octanol–water partition coefficient (Wildman–Crippen LogP) is 0.117. The Morgan fingerprint density at radius 1 is 1.75 bits per heavy atom. The molecule has 1 N–H and O–H groups in total. The van der Waals surface area contributed by atoms with Gasteiger partial charge < -0.3 is 0 Å². The Balaban J connectivity index is 3.42. The zero-order chi connectivity index (χ0) is 6.62. The molecular formula is C2H6ClNO2SSn. The first-order valence-electron chi connectivity index (χ1n) is 2.00. The third-order valence-corrected chi connectivity index (χ3v) is 6.64. The van der Waals surface area contributed by atoms with Gasteiger partial charge in [-0.1, -0.05) is 0 Å². The van der Waals surface area contributed by atoms with Gasteiger partial charge in [0.25, 0.3) is 0 Å². The number of hydrogen-bond donors (Lipinski definition) is 1. The third-order valence-electron chi connectivity index (χ3n) is 0.371. The Morgan fingerprint density at radius 2 is 2.25 bits per heavy atom. The molecule has 48 valence electrons. The summed E-state index contributed by atoms with van der Waals surface area (Å²) in [7, 11) is 1.43. The van der Waals surface area contributed by atoms with E-state index in [9.17, 15) is 8.42 Å². The summed E-state index contributed by atoms with van der Waals surface area (Å²) in [5.74, 6) is 0. The van der Waals surface area contributed by atoms with E-state index >= 15 is 0 Å². The predicted molar refractivity (Wildman–Crippen MR) is 34.1 cm³/mol. The SMILES string of the molecule is C[CH2][Sn][NH]S(=O)(=O)Cl. The van der Waals surface area contributed by atoms with Crippen molar-refractivity contribution < 1.29 is 8.42 Å². The Bertz CT molecular complexity index is 144. The van der Waals surface area contributed by atoms with Crippen LogP contribution in [0.25, 0.3) is 0 Å². The van der Waals surface area contributed by atoms with E-state index < -0.39 is 30.7 Å². The van der Waals surface area contributed by atoms with Crippen molar-refractivity contribution >= 4 is 41.3 Å². The van der Waals surface area contributed by atoms with Gasteiger partial charge in [-0.2, -0.15) is 0 Å². The molecule has 0 aromatic rings. The molecule has 0 aliphatic rings. The van der Waals surface area contributed by atoms with Gasteiger partial charge in [0.2, 0.25) is 0 Å². The van der Waals surface area contributed by atoms with E-state index in [1.54, 1.807) is 0 Å². The minimum absolute atomic E-state index is 0.890. The fourth-order valence-corrected chi connectivity index (χ4v) is 4.29. The van der Waals surface area contributed by atoms with E-state index in [1.807, 2.05) is 6.92 Å². The van der Waals surface area contributed by atoms with Crippen LogP contribution in [0.15, 0.2) is 0 Å². The van der Waals surface area contributed by atoms with Gasteiger partial charge in [-0.05, 0) is 0 Å². The normalized spacial score (nSPS) is 11.8. The summed E-state index contributed by atoms with van der Waals surface area (Å²) in [6, 6.07) is 0. The molecular weight excluding hydrogens is 256 g/mol.